The monoisotopic (exact) mass is 326 g/mol. The van der Waals surface area contributed by atoms with Crippen molar-refractivity contribution in [1.82, 2.24) is 0 Å². The molecule has 0 heterocycles. The van der Waals surface area contributed by atoms with Gasteiger partial charge in [0, 0.05) is 0 Å². The van der Waals surface area contributed by atoms with Crippen LogP contribution in [0.15, 0.2) is 40.9 Å². The van der Waals surface area contributed by atoms with Crippen LogP contribution in [0.2, 0.25) is 0 Å². The van der Waals surface area contributed by atoms with Crippen LogP contribution in [-0.2, 0) is 0 Å². The van der Waals surface area contributed by atoms with E-state index < -0.39 is 11.6 Å². The van der Waals surface area contributed by atoms with Gasteiger partial charge in [-0.3, -0.25) is 4.79 Å². The molecule has 0 N–H and O–H groups in total. The zero-order valence-corrected chi connectivity index (χ0v) is 11.5. The molecule has 0 unspecified atom stereocenters. The quantitative estimate of drug-likeness (QED) is 0.763. The Balaban J connectivity index is 2.42. The number of ether oxygens (including phenoxy) is 1. The van der Waals surface area contributed by atoms with Gasteiger partial charge in [-0.25, -0.2) is 8.78 Å². The summed E-state index contributed by atoms with van der Waals surface area (Å²) in [5, 5.41) is 0. The number of Topliss-reactive ketones (excluding diaryl/α,β-unsaturated/α-hetero) is 1. The third kappa shape index (κ3) is 2.98. The second kappa shape index (κ2) is 5.48. The molecule has 98 valence electrons. The van der Waals surface area contributed by atoms with Gasteiger partial charge in [0.2, 0.25) is 0 Å². The highest BCUT2D eigenvalue weighted by Crippen LogP contribution is 2.31. The Morgan fingerprint density at radius 2 is 1.89 bits per heavy atom. The molecule has 0 saturated heterocycles. The maximum Gasteiger partial charge on any atom is 0.173 e. The lowest BCUT2D eigenvalue weighted by atomic mass is 10.1. The van der Waals surface area contributed by atoms with Crippen LogP contribution in [0.3, 0.4) is 0 Å². The fraction of sp³-hybridized carbons (Fsp3) is 0.0714. The van der Waals surface area contributed by atoms with Gasteiger partial charge in [0.05, 0.1) is 10.0 Å². The number of para-hydroxylation sites is 1. The summed E-state index contributed by atoms with van der Waals surface area (Å²) in [5.74, 6) is -1.33. The molecule has 2 aromatic rings. The number of hydrogen-bond acceptors (Lipinski definition) is 2. The lowest BCUT2D eigenvalue weighted by Crippen LogP contribution is -1.99. The fourth-order valence-electron chi connectivity index (χ4n) is 1.55. The molecule has 0 atom stereocenters. The summed E-state index contributed by atoms with van der Waals surface area (Å²) in [4.78, 5) is 11.4. The average molecular weight is 327 g/mol. The Kier molecular flexibility index (Phi) is 3.95. The molecule has 2 aromatic carbocycles. The van der Waals surface area contributed by atoms with Crippen LogP contribution in [0.25, 0.3) is 0 Å². The average Bonchev–Trinajstić information content (AvgIpc) is 2.36. The second-order valence-corrected chi connectivity index (χ2v) is 4.71. The van der Waals surface area contributed by atoms with Crippen molar-refractivity contribution in [2.75, 3.05) is 0 Å². The van der Waals surface area contributed by atoms with Crippen molar-refractivity contribution in [2.45, 2.75) is 6.92 Å². The zero-order valence-electron chi connectivity index (χ0n) is 9.91. The van der Waals surface area contributed by atoms with Crippen molar-refractivity contribution in [3.63, 3.8) is 0 Å². The van der Waals surface area contributed by atoms with E-state index in [4.69, 9.17) is 4.74 Å². The zero-order chi connectivity index (χ0) is 14.0. The van der Waals surface area contributed by atoms with E-state index in [1.54, 1.807) is 0 Å². The van der Waals surface area contributed by atoms with Crippen molar-refractivity contribution in [3.8, 4) is 11.5 Å². The van der Waals surface area contributed by atoms with Gasteiger partial charge < -0.3 is 4.74 Å². The third-order valence-corrected chi connectivity index (χ3v) is 3.06. The summed E-state index contributed by atoms with van der Waals surface area (Å²) in [6.07, 6.45) is 0. The predicted molar refractivity (Wildman–Crippen MR) is 70.6 cm³/mol. The number of carbonyl (C=O) groups excluding carboxylic acids is 1. The molecule has 19 heavy (non-hydrogen) atoms. The molecule has 0 radical (unpaired) electrons. The number of hydrogen-bond donors (Lipinski definition) is 0. The van der Waals surface area contributed by atoms with Crippen molar-refractivity contribution in [1.29, 1.82) is 0 Å². The fourth-order valence-corrected chi connectivity index (χ4v) is 1.91. The molecule has 0 aliphatic carbocycles. The Morgan fingerprint density at radius 3 is 2.53 bits per heavy atom. The molecule has 2 nitrogen and oxygen atoms in total. The van der Waals surface area contributed by atoms with Gasteiger partial charge >= 0.3 is 0 Å². The molecule has 0 fully saturated rings. The lowest BCUT2D eigenvalue weighted by Gasteiger charge is -2.10. The van der Waals surface area contributed by atoms with Crippen molar-refractivity contribution in [2.24, 2.45) is 0 Å². The minimum atomic E-state index is -0.645. The Labute approximate surface area is 117 Å². The van der Waals surface area contributed by atoms with Crippen LogP contribution < -0.4 is 4.74 Å². The molecule has 2 rings (SSSR count). The molecule has 0 aliphatic heterocycles. The molecule has 5 heteroatoms. The first-order valence-electron chi connectivity index (χ1n) is 5.41. The maximum absolute atomic E-state index is 13.7. The number of rotatable bonds is 3. The minimum Gasteiger partial charge on any atom is -0.453 e. The van der Waals surface area contributed by atoms with Crippen LogP contribution in [0.4, 0.5) is 8.78 Å². The number of benzene rings is 2. The number of carbonyl (C=O) groups is 1. The van der Waals surface area contributed by atoms with E-state index in [1.807, 2.05) is 0 Å². The van der Waals surface area contributed by atoms with E-state index in [2.05, 4.69) is 15.9 Å². The van der Waals surface area contributed by atoms with E-state index in [-0.39, 0.29) is 27.3 Å². The van der Waals surface area contributed by atoms with Crippen molar-refractivity contribution < 1.29 is 18.3 Å². The van der Waals surface area contributed by atoms with Gasteiger partial charge in [-0.05, 0) is 53.2 Å². The van der Waals surface area contributed by atoms with E-state index >= 15 is 0 Å². The third-order valence-electron chi connectivity index (χ3n) is 2.46. The lowest BCUT2D eigenvalue weighted by molar-refractivity contribution is 0.101. The molecular formula is C14H9BrF2O2. The smallest absolute Gasteiger partial charge is 0.173 e. The van der Waals surface area contributed by atoms with Gasteiger partial charge in [-0.15, -0.1) is 0 Å². The maximum atomic E-state index is 13.7. The summed E-state index contributed by atoms with van der Waals surface area (Å²) in [6, 6.07) is 8.01. The number of ketones is 1. The van der Waals surface area contributed by atoms with Gasteiger partial charge in [0.15, 0.2) is 17.3 Å². The van der Waals surface area contributed by atoms with E-state index in [0.717, 1.165) is 0 Å². The molecule has 0 aromatic heterocycles. The van der Waals surface area contributed by atoms with Crippen LogP contribution in [0.5, 0.6) is 11.5 Å². The Hall–Kier alpha value is -1.75. The SMILES string of the molecule is CC(=O)c1cccc(F)c1Oc1ccc(F)c(Br)c1. The Morgan fingerprint density at radius 1 is 1.16 bits per heavy atom. The highest BCUT2D eigenvalue weighted by Gasteiger charge is 2.14. The van der Waals surface area contributed by atoms with Crippen molar-refractivity contribution in [3.05, 3.63) is 58.1 Å². The van der Waals surface area contributed by atoms with Crippen LogP contribution >= 0.6 is 15.9 Å². The molecular weight excluding hydrogens is 318 g/mol. The van der Waals surface area contributed by atoms with Gasteiger partial charge in [0.25, 0.3) is 0 Å². The first kappa shape index (κ1) is 13.7. The topological polar surface area (TPSA) is 26.3 Å². The van der Waals surface area contributed by atoms with Crippen LogP contribution in [0, 0.1) is 11.6 Å². The first-order valence-corrected chi connectivity index (χ1v) is 6.20. The van der Waals surface area contributed by atoms with E-state index in [1.165, 1.54) is 43.3 Å². The molecule has 0 spiro atoms. The molecule has 0 bridgehead atoms. The Bertz CT molecular complexity index is 641. The first-order chi connectivity index (χ1) is 8.99. The second-order valence-electron chi connectivity index (χ2n) is 3.85. The van der Waals surface area contributed by atoms with Gasteiger partial charge in [-0.2, -0.15) is 0 Å². The van der Waals surface area contributed by atoms with Gasteiger partial charge in [-0.1, -0.05) is 6.07 Å². The minimum absolute atomic E-state index is 0.139. The molecule has 0 amide bonds. The molecule has 0 aliphatic rings. The summed E-state index contributed by atoms with van der Waals surface area (Å²) < 4.78 is 32.4. The van der Waals surface area contributed by atoms with Gasteiger partial charge in [0.1, 0.15) is 11.6 Å². The van der Waals surface area contributed by atoms with Crippen molar-refractivity contribution >= 4 is 21.7 Å². The summed E-state index contributed by atoms with van der Waals surface area (Å²) in [6.45, 7) is 1.32. The highest BCUT2D eigenvalue weighted by molar-refractivity contribution is 9.10. The highest BCUT2D eigenvalue weighted by atomic mass is 79.9. The molecule has 0 saturated carbocycles. The normalized spacial score (nSPS) is 10.3. The summed E-state index contributed by atoms with van der Waals surface area (Å²) >= 11 is 3.01. The largest absolute Gasteiger partial charge is 0.453 e. The standard InChI is InChI=1S/C14H9BrF2O2/c1-8(18)10-3-2-4-13(17)14(10)19-9-5-6-12(16)11(15)7-9/h2-7H,1H3. The van der Waals surface area contributed by atoms with E-state index in [0.29, 0.717) is 0 Å². The van der Waals surface area contributed by atoms with Crippen LogP contribution in [-0.4, -0.2) is 5.78 Å². The predicted octanol–water partition coefficient (Wildman–Crippen LogP) is 4.72. The van der Waals surface area contributed by atoms with E-state index in [9.17, 15) is 13.6 Å². The number of halogens is 3. The summed E-state index contributed by atoms with van der Waals surface area (Å²) in [7, 11) is 0. The van der Waals surface area contributed by atoms with Crippen LogP contribution in [0.1, 0.15) is 17.3 Å². The summed E-state index contributed by atoms with van der Waals surface area (Å²) in [5.41, 5.74) is 0.139.